The number of fused-ring (bicyclic) bond motifs is 6. The van der Waals surface area contributed by atoms with E-state index in [-0.39, 0.29) is 0 Å². The molecule has 11 rings (SSSR count). The molecule has 2 aromatic heterocycles. The van der Waals surface area contributed by atoms with Gasteiger partial charge in [0.2, 0.25) is 0 Å². The lowest BCUT2D eigenvalue weighted by molar-refractivity contribution is -0.137. The Balaban J connectivity index is 1.21. The molecule has 0 amide bonds. The molecule has 0 aliphatic heterocycles. The summed E-state index contributed by atoms with van der Waals surface area (Å²) in [6.45, 7) is 5.93. The molecule has 6 heteroatoms. The number of hydrogen-bond acceptors (Lipinski definition) is 1. The molecule has 0 aliphatic rings. The molecule has 0 unspecified atom stereocenters. The van der Waals surface area contributed by atoms with Gasteiger partial charge in [-0.25, -0.2) is 0 Å². The van der Waals surface area contributed by atoms with E-state index in [0.29, 0.717) is 16.7 Å². The first kappa shape index (κ1) is 39.7. The third-order valence-electron chi connectivity index (χ3n) is 12.8. The number of rotatable bonds is 6. The Morgan fingerprint density at radius 1 is 0.400 bits per heavy atom. The summed E-state index contributed by atoms with van der Waals surface area (Å²) >= 11 is 0. The van der Waals surface area contributed by atoms with E-state index in [4.69, 9.17) is 0 Å². The van der Waals surface area contributed by atoms with Crippen LogP contribution < -0.4 is 0 Å². The molecular formula is C59H40F3N3. The highest BCUT2D eigenvalue weighted by molar-refractivity contribution is 6.13. The summed E-state index contributed by atoms with van der Waals surface area (Å²) in [5.74, 6) is 0. The van der Waals surface area contributed by atoms with Crippen molar-refractivity contribution in [2.45, 2.75) is 26.9 Å². The molecule has 65 heavy (non-hydrogen) atoms. The number of aryl methyl sites for hydroxylation is 3. The number of halogens is 3. The second-order valence-corrected chi connectivity index (χ2v) is 17.0. The van der Waals surface area contributed by atoms with Crippen molar-refractivity contribution >= 4 is 43.6 Å². The monoisotopic (exact) mass is 847 g/mol. The molecule has 9 aromatic carbocycles. The van der Waals surface area contributed by atoms with Crippen molar-refractivity contribution in [3.8, 4) is 62.0 Å². The smallest absolute Gasteiger partial charge is 0.309 e. The van der Waals surface area contributed by atoms with Gasteiger partial charge in [0.15, 0.2) is 0 Å². The second-order valence-electron chi connectivity index (χ2n) is 17.0. The van der Waals surface area contributed by atoms with Crippen molar-refractivity contribution in [3.05, 3.63) is 216 Å². The minimum absolute atomic E-state index is 0.485. The molecule has 312 valence electrons. The minimum Gasteiger partial charge on any atom is -0.309 e. The van der Waals surface area contributed by atoms with E-state index in [1.165, 1.54) is 17.2 Å². The summed E-state index contributed by atoms with van der Waals surface area (Å²) in [5.41, 5.74) is 16.0. The van der Waals surface area contributed by atoms with Crippen LogP contribution in [0.3, 0.4) is 0 Å². The fourth-order valence-corrected chi connectivity index (χ4v) is 9.77. The van der Waals surface area contributed by atoms with Gasteiger partial charge in [0.25, 0.3) is 0 Å². The van der Waals surface area contributed by atoms with Crippen molar-refractivity contribution in [3.63, 3.8) is 0 Å². The number of benzene rings is 9. The van der Waals surface area contributed by atoms with Gasteiger partial charge in [-0.3, -0.25) is 0 Å². The molecule has 0 spiro atoms. The van der Waals surface area contributed by atoms with Gasteiger partial charge in [-0.05, 0) is 139 Å². The highest BCUT2D eigenvalue weighted by atomic mass is 19.4. The molecule has 0 aliphatic carbocycles. The number of aromatic nitrogens is 2. The van der Waals surface area contributed by atoms with E-state index in [9.17, 15) is 18.4 Å². The zero-order chi connectivity index (χ0) is 44.6. The Morgan fingerprint density at radius 3 is 1.42 bits per heavy atom. The first-order chi connectivity index (χ1) is 31.5. The van der Waals surface area contributed by atoms with Crippen LogP contribution in [0, 0.1) is 32.1 Å². The largest absolute Gasteiger partial charge is 0.416 e. The number of nitrogens with zero attached hydrogens (tertiary/aromatic N) is 3. The molecule has 0 N–H and O–H groups in total. The zero-order valence-corrected chi connectivity index (χ0v) is 35.9. The Bertz CT molecular complexity index is 3760. The SMILES string of the molecule is Cc1cccc(-c2ccc3c(c2)c2ccccc2n3-c2ccc(C#N)cc2-c2cc(-c3ccc(C(F)(F)F)cc3C)ccc2-n2c3ccccc3c3cc(-c4cccc(C)c4)ccc32)c1. The lowest BCUT2D eigenvalue weighted by atomic mass is 9.92. The van der Waals surface area contributed by atoms with Crippen LogP contribution in [-0.2, 0) is 6.18 Å². The van der Waals surface area contributed by atoms with Gasteiger partial charge in [0.05, 0.1) is 50.6 Å². The van der Waals surface area contributed by atoms with Crippen LogP contribution in [0.1, 0.15) is 27.8 Å². The predicted octanol–water partition coefficient (Wildman–Crippen LogP) is 16.4. The third-order valence-corrected chi connectivity index (χ3v) is 12.8. The van der Waals surface area contributed by atoms with Gasteiger partial charge in [-0.1, -0.05) is 120 Å². The van der Waals surface area contributed by atoms with E-state index >= 15 is 0 Å². The Kier molecular flexibility index (Phi) is 9.34. The van der Waals surface area contributed by atoms with Gasteiger partial charge in [0.1, 0.15) is 0 Å². The maximum Gasteiger partial charge on any atom is 0.416 e. The van der Waals surface area contributed by atoms with Gasteiger partial charge < -0.3 is 9.13 Å². The van der Waals surface area contributed by atoms with Crippen LogP contribution in [0.5, 0.6) is 0 Å². The summed E-state index contributed by atoms with van der Waals surface area (Å²) < 4.78 is 46.4. The van der Waals surface area contributed by atoms with Crippen molar-refractivity contribution in [2.75, 3.05) is 0 Å². The van der Waals surface area contributed by atoms with Crippen LogP contribution in [0.4, 0.5) is 13.2 Å². The average molecular weight is 848 g/mol. The number of alkyl halides is 3. The molecule has 0 saturated heterocycles. The first-order valence-electron chi connectivity index (χ1n) is 21.6. The van der Waals surface area contributed by atoms with Crippen molar-refractivity contribution in [1.82, 2.24) is 9.13 Å². The van der Waals surface area contributed by atoms with Crippen molar-refractivity contribution in [2.24, 2.45) is 0 Å². The fraction of sp³-hybridized carbons (Fsp3) is 0.0678. The molecule has 0 radical (unpaired) electrons. The topological polar surface area (TPSA) is 33.6 Å². The summed E-state index contributed by atoms with van der Waals surface area (Å²) in [6.07, 6.45) is -4.47. The molecular weight excluding hydrogens is 808 g/mol. The Labute approximate surface area is 374 Å². The summed E-state index contributed by atoms with van der Waals surface area (Å²) in [4.78, 5) is 0. The highest BCUT2D eigenvalue weighted by Crippen LogP contribution is 2.44. The predicted molar refractivity (Wildman–Crippen MR) is 261 cm³/mol. The van der Waals surface area contributed by atoms with Gasteiger partial charge in [-0.2, -0.15) is 18.4 Å². The van der Waals surface area contributed by atoms with Gasteiger partial charge in [-0.15, -0.1) is 0 Å². The minimum atomic E-state index is -4.47. The lowest BCUT2D eigenvalue weighted by Gasteiger charge is -2.20. The molecule has 0 bridgehead atoms. The summed E-state index contributed by atoms with van der Waals surface area (Å²) in [7, 11) is 0. The van der Waals surface area contributed by atoms with Crippen LogP contribution in [-0.4, -0.2) is 9.13 Å². The van der Waals surface area contributed by atoms with E-state index in [2.05, 4.69) is 163 Å². The maximum atomic E-state index is 14.0. The van der Waals surface area contributed by atoms with Gasteiger partial charge in [0, 0.05) is 32.7 Å². The standard InChI is InChI=1S/C59H40F3N3/c1-36-10-8-12-40(28-36)42-19-25-56-50(32-42)47-14-4-6-16-53(47)64(56)55-24-18-39(35-63)31-49(55)52-34-44(46-23-22-45(30-38(46)3)59(60,61)62)21-27-58(52)65-54-17-7-5-15-48(54)51-33-43(20-26-57(51)65)41-13-9-11-37(2)29-41/h4-34H,1-3H3. The quantitative estimate of drug-likeness (QED) is 0.164. The molecule has 0 atom stereocenters. The third kappa shape index (κ3) is 6.76. The van der Waals surface area contributed by atoms with Crippen molar-refractivity contribution < 1.29 is 13.2 Å². The fourth-order valence-electron chi connectivity index (χ4n) is 9.77. The highest BCUT2D eigenvalue weighted by Gasteiger charge is 2.31. The second kappa shape index (κ2) is 15.3. The summed E-state index contributed by atoms with van der Waals surface area (Å²) in [5, 5.41) is 14.9. The van der Waals surface area contributed by atoms with E-state index in [1.807, 2.05) is 36.4 Å². The average Bonchev–Trinajstić information content (AvgIpc) is 3.83. The Hall–Kier alpha value is -8.14. The lowest BCUT2D eigenvalue weighted by Crippen LogP contribution is -2.05. The van der Waals surface area contributed by atoms with Crippen molar-refractivity contribution in [1.29, 1.82) is 5.26 Å². The number of hydrogen-bond donors (Lipinski definition) is 0. The van der Waals surface area contributed by atoms with Crippen LogP contribution in [0.2, 0.25) is 0 Å². The van der Waals surface area contributed by atoms with E-state index in [1.54, 1.807) is 13.0 Å². The molecule has 2 heterocycles. The first-order valence-corrected chi connectivity index (χ1v) is 21.6. The van der Waals surface area contributed by atoms with E-state index < -0.39 is 11.7 Å². The molecule has 11 aromatic rings. The maximum absolute atomic E-state index is 14.0. The van der Waals surface area contributed by atoms with Crippen LogP contribution in [0.25, 0.3) is 99.5 Å². The summed E-state index contributed by atoms with van der Waals surface area (Å²) in [6, 6.07) is 65.3. The van der Waals surface area contributed by atoms with E-state index in [0.717, 1.165) is 100.0 Å². The van der Waals surface area contributed by atoms with Gasteiger partial charge >= 0.3 is 6.18 Å². The zero-order valence-electron chi connectivity index (χ0n) is 35.9. The normalized spacial score (nSPS) is 11.8. The molecule has 0 fully saturated rings. The number of para-hydroxylation sites is 2. The van der Waals surface area contributed by atoms with Crippen LogP contribution in [0.15, 0.2) is 188 Å². The molecule has 3 nitrogen and oxygen atoms in total. The van der Waals surface area contributed by atoms with Crippen LogP contribution >= 0.6 is 0 Å². The number of nitriles is 1. The Morgan fingerprint density at radius 2 is 0.892 bits per heavy atom. The molecule has 0 saturated carbocycles.